The van der Waals surface area contributed by atoms with Crippen molar-refractivity contribution in [1.29, 1.82) is 0 Å². The fourth-order valence-corrected chi connectivity index (χ4v) is 2.72. The zero-order chi connectivity index (χ0) is 19.4. The second-order valence-electron chi connectivity index (χ2n) is 5.91. The molecule has 0 aliphatic rings. The van der Waals surface area contributed by atoms with Crippen LogP contribution >= 0.6 is 15.9 Å². The predicted molar refractivity (Wildman–Crippen MR) is 106 cm³/mol. The standard InChI is InChI=1S/C19H27BrN2O4/c1-3-5-13-26-19(25)14-7-9-15(10-8-14)22-17(23)11-12-21-18(24)16(20)6-4-2/h7-10,16H,3-6,11-13H2,1-2H3,(H,21,24)(H,22,23)/t16-/m1/s1. The molecule has 0 bridgehead atoms. The topological polar surface area (TPSA) is 84.5 Å². The van der Waals surface area contributed by atoms with Gasteiger partial charge in [-0.3, -0.25) is 9.59 Å². The van der Waals surface area contributed by atoms with E-state index in [9.17, 15) is 14.4 Å². The Morgan fingerprint density at radius 2 is 1.81 bits per heavy atom. The van der Waals surface area contributed by atoms with E-state index < -0.39 is 0 Å². The van der Waals surface area contributed by atoms with E-state index in [0.717, 1.165) is 25.7 Å². The number of nitrogens with one attached hydrogen (secondary N) is 2. The quantitative estimate of drug-likeness (QED) is 0.321. The van der Waals surface area contributed by atoms with Gasteiger partial charge in [-0.2, -0.15) is 0 Å². The molecule has 7 heteroatoms. The number of halogens is 1. The summed E-state index contributed by atoms with van der Waals surface area (Å²) in [7, 11) is 0. The molecule has 0 aromatic heterocycles. The summed E-state index contributed by atoms with van der Waals surface area (Å²) < 4.78 is 5.13. The Bertz CT molecular complexity index is 590. The van der Waals surface area contributed by atoms with Crippen LogP contribution in [-0.4, -0.2) is 35.8 Å². The molecule has 0 spiro atoms. The Balaban J connectivity index is 2.36. The molecule has 1 rings (SSSR count). The van der Waals surface area contributed by atoms with Gasteiger partial charge in [-0.25, -0.2) is 4.79 Å². The molecule has 1 aromatic rings. The number of benzene rings is 1. The van der Waals surface area contributed by atoms with Crippen LogP contribution in [0.25, 0.3) is 0 Å². The van der Waals surface area contributed by atoms with Crippen LogP contribution in [0, 0.1) is 0 Å². The van der Waals surface area contributed by atoms with Gasteiger partial charge in [0.15, 0.2) is 0 Å². The first-order valence-corrected chi connectivity index (χ1v) is 9.88. The Labute approximate surface area is 163 Å². The normalized spacial score (nSPS) is 11.5. The third-order valence-corrected chi connectivity index (χ3v) is 4.49. The number of carbonyl (C=O) groups excluding carboxylic acids is 3. The molecule has 1 aromatic carbocycles. The number of amides is 2. The van der Waals surface area contributed by atoms with Gasteiger partial charge in [-0.15, -0.1) is 0 Å². The maximum absolute atomic E-state index is 11.9. The molecule has 0 unspecified atom stereocenters. The zero-order valence-electron chi connectivity index (χ0n) is 15.3. The van der Waals surface area contributed by atoms with E-state index >= 15 is 0 Å². The fourth-order valence-electron chi connectivity index (χ4n) is 2.10. The van der Waals surface area contributed by atoms with Crippen molar-refractivity contribution in [2.24, 2.45) is 0 Å². The summed E-state index contributed by atoms with van der Waals surface area (Å²) in [5.41, 5.74) is 1.04. The SMILES string of the molecule is CCCCOC(=O)c1ccc(NC(=O)CCNC(=O)[C@H](Br)CCC)cc1. The van der Waals surface area contributed by atoms with Gasteiger partial charge in [-0.05, 0) is 37.1 Å². The van der Waals surface area contributed by atoms with Gasteiger partial charge in [0.1, 0.15) is 0 Å². The largest absolute Gasteiger partial charge is 0.462 e. The highest BCUT2D eigenvalue weighted by molar-refractivity contribution is 9.10. The third kappa shape index (κ3) is 8.47. The molecule has 26 heavy (non-hydrogen) atoms. The number of alkyl halides is 1. The summed E-state index contributed by atoms with van der Waals surface area (Å²) in [5, 5.41) is 5.46. The minimum atomic E-state index is -0.365. The molecule has 0 saturated heterocycles. The predicted octanol–water partition coefficient (Wildman–Crippen LogP) is 3.65. The molecule has 2 N–H and O–H groups in total. The van der Waals surface area contributed by atoms with E-state index in [1.54, 1.807) is 24.3 Å². The van der Waals surface area contributed by atoms with Gasteiger partial charge in [-0.1, -0.05) is 42.6 Å². The molecule has 144 valence electrons. The van der Waals surface area contributed by atoms with Gasteiger partial charge >= 0.3 is 5.97 Å². The summed E-state index contributed by atoms with van der Waals surface area (Å²) in [6, 6.07) is 6.54. The molecular weight excluding hydrogens is 400 g/mol. The van der Waals surface area contributed by atoms with E-state index in [2.05, 4.69) is 26.6 Å². The van der Waals surface area contributed by atoms with Crippen molar-refractivity contribution in [2.45, 2.75) is 50.8 Å². The summed E-state index contributed by atoms with van der Waals surface area (Å²) in [4.78, 5) is 35.2. The molecule has 0 aliphatic carbocycles. The Kier molecular flexibility index (Phi) is 10.6. The maximum Gasteiger partial charge on any atom is 0.338 e. The lowest BCUT2D eigenvalue weighted by molar-refractivity contribution is -0.120. The van der Waals surface area contributed by atoms with Crippen molar-refractivity contribution in [3.05, 3.63) is 29.8 Å². The smallest absolute Gasteiger partial charge is 0.338 e. The first kappa shape index (κ1) is 22.2. The number of hydrogen-bond acceptors (Lipinski definition) is 4. The number of anilines is 1. The van der Waals surface area contributed by atoms with Gasteiger partial charge in [0, 0.05) is 18.7 Å². The van der Waals surface area contributed by atoms with Crippen LogP contribution in [-0.2, 0) is 14.3 Å². The Morgan fingerprint density at radius 3 is 2.42 bits per heavy atom. The number of hydrogen-bond donors (Lipinski definition) is 2. The molecule has 0 aliphatic heterocycles. The third-order valence-electron chi connectivity index (χ3n) is 3.61. The van der Waals surface area contributed by atoms with Crippen molar-refractivity contribution >= 4 is 39.4 Å². The Morgan fingerprint density at radius 1 is 1.12 bits per heavy atom. The van der Waals surface area contributed by atoms with Gasteiger partial charge in [0.05, 0.1) is 17.0 Å². The van der Waals surface area contributed by atoms with E-state index in [0.29, 0.717) is 17.9 Å². The molecule has 1 atom stereocenters. The molecule has 0 saturated carbocycles. The van der Waals surface area contributed by atoms with Crippen molar-refractivity contribution in [3.8, 4) is 0 Å². The average molecular weight is 427 g/mol. The van der Waals surface area contributed by atoms with Gasteiger partial charge < -0.3 is 15.4 Å². The van der Waals surface area contributed by atoms with Crippen LogP contribution in [0.5, 0.6) is 0 Å². The van der Waals surface area contributed by atoms with Crippen molar-refractivity contribution in [3.63, 3.8) is 0 Å². The van der Waals surface area contributed by atoms with E-state index in [4.69, 9.17) is 4.74 Å². The Hall–Kier alpha value is -1.89. The lowest BCUT2D eigenvalue weighted by Crippen LogP contribution is -2.33. The second kappa shape index (κ2) is 12.5. The van der Waals surface area contributed by atoms with Crippen LogP contribution in [0.3, 0.4) is 0 Å². The first-order chi connectivity index (χ1) is 12.5. The maximum atomic E-state index is 11.9. The lowest BCUT2D eigenvalue weighted by atomic mass is 10.2. The van der Waals surface area contributed by atoms with E-state index in [-0.39, 0.29) is 35.6 Å². The zero-order valence-corrected chi connectivity index (χ0v) is 16.9. The molecule has 6 nitrogen and oxygen atoms in total. The minimum absolute atomic E-state index is 0.106. The monoisotopic (exact) mass is 426 g/mol. The van der Waals surface area contributed by atoms with Crippen LogP contribution in [0.15, 0.2) is 24.3 Å². The van der Waals surface area contributed by atoms with Crippen molar-refractivity contribution < 1.29 is 19.1 Å². The first-order valence-electron chi connectivity index (χ1n) is 8.96. The highest BCUT2D eigenvalue weighted by Crippen LogP contribution is 2.11. The highest BCUT2D eigenvalue weighted by atomic mass is 79.9. The molecule has 0 heterocycles. The number of carbonyl (C=O) groups is 3. The van der Waals surface area contributed by atoms with Crippen LogP contribution in [0.2, 0.25) is 0 Å². The van der Waals surface area contributed by atoms with Crippen LogP contribution < -0.4 is 10.6 Å². The van der Waals surface area contributed by atoms with Crippen LogP contribution in [0.4, 0.5) is 5.69 Å². The lowest BCUT2D eigenvalue weighted by Gasteiger charge is -2.10. The summed E-state index contributed by atoms with van der Waals surface area (Å²) in [6.45, 7) is 4.72. The van der Waals surface area contributed by atoms with E-state index in [1.165, 1.54) is 0 Å². The second-order valence-corrected chi connectivity index (χ2v) is 7.02. The summed E-state index contributed by atoms with van der Waals surface area (Å²) in [5.74, 6) is -0.675. The molecule has 0 fully saturated rings. The van der Waals surface area contributed by atoms with Crippen molar-refractivity contribution in [1.82, 2.24) is 5.32 Å². The molecule has 0 radical (unpaired) electrons. The number of unbranched alkanes of at least 4 members (excludes halogenated alkanes) is 1. The number of rotatable bonds is 11. The van der Waals surface area contributed by atoms with Gasteiger partial charge in [0.25, 0.3) is 0 Å². The minimum Gasteiger partial charge on any atom is -0.462 e. The van der Waals surface area contributed by atoms with E-state index in [1.807, 2.05) is 13.8 Å². The highest BCUT2D eigenvalue weighted by Gasteiger charge is 2.13. The van der Waals surface area contributed by atoms with Crippen LogP contribution in [0.1, 0.15) is 56.3 Å². The number of ether oxygens (including phenoxy) is 1. The summed E-state index contributed by atoms with van der Waals surface area (Å²) >= 11 is 3.31. The fraction of sp³-hybridized carbons (Fsp3) is 0.526. The summed E-state index contributed by atoms with van der Waals surface area (Å²) in [6.07, 6.45) is 3.65. The van der Waals surface area contributed by atoms with Crippen molar-refractivity contribution in [2.75, 3.05) is 18.5 Å². The average Bonchev–Trinajstić information content (AvgIpc) is 2.62. The molecule has 2 amide bonds. The molecular formula is C19H27BrN2O4. The number of esters is 1. The van der Waals surface area contributed by atoms with Gasteiger partial charge in [0.2, 0.25) is 11.8 Å².